The first kappa shape index (κ1) is 20.3. The first-order valence-electron chi connectivity index (χ1n) is 9.85. The second-order valence-electron chi connectivity index (χ2n) is 7.42. The van der Waals surface area contributed by atoms with E-state index in [0.717, 1.165) is 33.3 Å². The third-order valence-corrected chi connectivity index (χ3v) is 6.80. The van der Waals surface area contributed by atoms with Gasteiger partial charge in [-0.05, 0) is 22.8 Å². The molecule has 0 fully saturated rings. The fraction of sp³-hybridized carbons (Fsp3) is 0.167. The van der Waals surface area contributed by atoms with E-state index >= 15 is 0 Å². The molecule has 0 bridgehead atoms. The summed E-state index contributed by atoms with van der Waals surface area (Å²) in [5.41, 5.74) is 5.25. The molecule has 1 heterocycles. The van der Waals surface area contributed by atoms with Crippen LogP contribution in [0.2, 0.25) is 0 Å². The number of nitrogens with zero attached hydrogens (tertiary/aromatic N) is 1. The van der Waals surface area contributed by atoms with Crippen LogP contribution in [0.1, 0.15) is 17.0 Å². The highest BCUT2D eigenvalue weighted by Crippen LogP contribution is 2.38. The van der Waals surface area contributed by atoms with Crippen LogP contribution in [0.3, 0.4) is 0 Å². The molecule has 0 aliphatic rings. The molecule has 0 unspecified atom stereocenters. The van der Waals surface area contributed by atoms with Gasteiger partial charge in [-0.1, -0.05) is 78.9 Å². The summed E-state index contributed by atoms with van der Waals surface area (Å²) in [7, 11) is -0.493. The van der Waals surface area contributed by atoms with Crippen LogP contribution >= 0.6 is 0 Å². The van der Waals surface area contributed by atoms with Gasteiger partial charge in [-0.25, -0.2) is 4.72 Å². The summed E-state index contributed by atoms with van der Waals surface area (Å²) in [5.74, 6) is -0.160. The average molecular weight is 420 g/mol. The Morgan fingerprint density at radius 2 is 1.47 bits per heavy atom. The highest BCUT2D eigenvalue weighted by molar-refractivity contribution is 7.87. The Kier molecular flexibility index (Phi) is 5.72. The predicted octanol–water partition coefficient (Wildman–Crippen LogP) is 4.36. The van der Waals surface area contributed by atoms with Crippen molar-refractivity contribution in [2.75, 3.05) is 20.6 Å². The van der Waals surface area contributed by atoms with Gasteiger partial charge in [-0.3, -0.25) is 0 Å². The fourth-order valence-corrected chi connectivity index (χ4v) is 4.38. The lowest BCUT2D eigenvalue weighted by atomic mass is 9.87. The first-order valence-corrected chi connectivity index (χ1v) is 11.3. The summed E-state index contributed by atoms with van der Waals surface area (Å²) in [6.45, 7) is 0.256. The highest BCUT2D eigenvalue weighted by Gasteiger charge is 2.25. The number of hydrogen-bond donors (Lipinski definition) is 2. The number of para-hydroxylation sites is 1. The Morgan fingerprint density at radius 3 is 2.13 bits per heavy atom. The summed E-state index contributed by atoms with van der Waals surface area (Å²) in [5, 5.41) is 1.09. The zero-order chi connectivity index (χ0) is 21.1. The van der Waals surface area contributed by atoms with Crippen molar-refractivity contribution in [2.24, 2.45) is 0 Å². The molecule has 0 radical (unpaired) electrons. The van der Waals surface area contributed by atoms with Crippen LogP contribution in [0.15, 0.2) is 84.9 Å². The van der Waals surface area contributed by atoms with Crippen LogP contribution in [0.4, 0.5) is 0 Å². The Morgan fingerprint density at radius 1 is 0.867 bits per heavy atom. The average Bonchev–Trinajstić information content (AvgIpc) is 3.15. The van der Waals surface area contributed by atoms with Gasteiger partial charge in [0.2, 0.25) is 0 Å². The number of hydrogen-bond acceptors (Lipinski definition) is 2. The quantitative estimate of drug-likeness (QED) is 0.467. The molecule has 6 heteroatoms. The van der Waals surface area contributed by atoms with E-state index in [1.54, 1.807) is 0 Å². The number of H-pyrrole nitrogens is 1. The number of rotatable bonds is 7. The largest absolute Gasteiger partial charge is 0.354 e. The van der Waals surface area contributed by atoms with Crippen molar-refractivity contribution in [3.05, 3.63) is 96.1 Å². The Balaban J connectivity index is 1.90. The lowest BCUT2D eigenvalue weighted by Gasteiger charge is -2.21. The van der Waals surface area contributed by atoms with Gasteiger partial charge in [0.15, 0.2) is 0 Å². The van der Waals surface area contributed by atoms with Gasteiger partial charge < -0.3 is 4.98 Å². The third kappa shape index (κ3) is 4.03. The number of aromatic amines is 1. The molecule has 4 rings (SSSR count). The maximum atomic E-state index is 12.5. The van der Waals surface area contributed by atoms with Crippen molar-refractivity contribution >= 4 is 21.1 Å². The van der Waals surface area contributed by atoms with Crippen LogP contribution in [-0.4, -0.2) is 38.3 Å². The number of aromatic nitrogens is 1. The summed E-state index contributed by atoms with van der Waals surface area (Å²) in [6, 6.07) is 28.3. The van der Waals surface area contributed by atoms with E-state index in [-0.39, 0.29) is 12.5 Å². The fourth-order valence-electron chi connectivity index (χ4n) is 3.75. The molecule has 30 heavy (non-hydrogen) atoms. The minimum absolute atomic E-state index is 0.160. The number of benzene rings is 3. The Labute approximate surface area is 177 Å². The zero-order valence-electron chi connectivity index (χ0n) is 17.0. The van der Waals surface area contributed by atoms with Gasteiger partial charge >= 0.3 is 0 Å². The molecular weight excluding hydrogens is 394 g/mol. The summed E-state index contributed by atoms with van der Waals surface area (Å²) < 4.78 is 28.9. The first-order chi connectivity index (χ1) is 14.5. The Bertz CT molecular complexity index is 1230. The minimum atomic E-state index is -3.55. The van der Waals surface area contributed by atoms with Crippen molar-refractivity contribution in [2.45, 2.75) is 5.92 Å². The van der Waals surface area contributed by atoms with Crippen molar-refractivity contribution < 1.29 is 8.42 Å². The standard InChI is InChI=1S/C24H25N3O2S/c1-27(2)30(28,29)25-17-21(18-11-5-3-6-12-18)23-20-15-9-10-16-22(20)26-24(23)19-13-7-4-8-14-19/h3-16,21,25-26H,17H2,1-2H3/t21-/m1/s1. The van der Waals surface area contributed by atoms with Crippen LogP contribution in [0, 0.1) is 0 Å². The highest BCUT2D eigenvalue weighted by atomic mass is 32.2. The maximum Gasteiger partial charge on any atom is 0.278 e. The Hall–Kier alpha value is -2.93. The molecule has 1 aromatic heterocycles. The zero-order valence-corrected chi connectivity index (χ0v) is 17.9. The number of nitrogens with one attached hydrogen (secondary N) is 2. The smallest absolute Gasteiger partial charge is 0.278 e. The third-order valence-electron chi connectivity index (χ3n) is 5.31. The van der Waals surface area contributed by atoms with Crippen LogP contribution < -0.4 is 4.72 Å². The van der Waals surface area contributed by atoms with E-state index in [1.165, 1.54) is 18.4 Å². The van der Waals surface area contributed by atoms with E-state index in [9.17, 15) is 8.42 Å². The summed E-state index contributed by atoms with van der Waals surface area (Å²) >= 11 is 0. The van der Waals surface area contributed by atoms with E-state index < -0.39 is 10.2 Å². The van der Waals surface area contributed by atoms with Gasteiger partial charge in [0.05, 0.1) is 5.69 Å². The predicted molar refractivity (Wildman–Crippen MR) is 123 cm³/mol. The molecule has 0 spiro atoms. The molecular formula is C24H25N3O2S. The topological polar surface area (TPSA) is 65.2 Å². The second-order valence-corrected chi connectivity index (χ2v) is 9.39. The molecule has 5 nitrogen and oxygen atoms in total. The van der Waals surface area contributed by atoms with E-state index in [1.807, 2.05) is 60.7 Å². The molecule has 0 aliphatic heterocycles. The molecule has 0 amide bonds. The van der Waals surface area contributed by atoms with Gasteiger partial charge in [-0.15, -0.1) is 0 Å². The van der Waals surface area contributed by atoms with Crippen LogP contribution in [0.5, 0.6) is 0 Å². The lowest BCUT2D eigenvalue weighted by Crippen LogP contribution is -2.38. The number of fused-ring (bicyclic) bond motifs is 1. The van der Waals surface area contributed by atoms with Crippen molar-refractivity contribution in [1.29, 1.82) is 0 Å². The normalized spacial score (nSPS) is 13.0. The maximum absolute atomic E-state index is 12.5. The van der Waals surface area contributed by atoms with E-state index in [0.29, 0.717) is 0 Å². The molecule has 1 atom stereocenters. The van der Waals surface area contributed by atoms with E-state index in [2.05, 4.69) is 34.0 Å². The van der Waals surface area contributed by atoms with Crippen molar-refractivity contribution in [1.82, 2.24) is 14.0 Å². The molecule has 154 valence electrons. The molecule has 2 N–H and O–H groups in total. The molecule has 0 saturated heterocycles. The van der Waals surface area contributed by atoms with Crippen LogP contribution in [0.25, 0.3) is 22.2 Å². The molecule has 3 aromatic carbocycles. The van der Waals surface area contributed by atoms with Crippen molar-refractivity contribution in [3.63, 3.8) is 0 Å². The van der Waals surface area contributed by atoms with Gasteiger partial charge in [0.25, 0.3) is 10.2 Å². The molecule has 4 aromatic rings. The van der Waals surface area contributed by atoms with Crippen LogP contribution in [-0.2, 0) is 10.2 Å². The second kappa shape index (κ2) is 8.44. The van der Waals surface area contributed by atoms with Crippen molar-refractivity contribution in [3.8, 4) is 11.3 Å². The molecule has 0 saturated carbocycles. The molecule has 0 aliphatic carbocycles. The summed E-state index contributed by atoms with van der Waals surface area (Å²) in [4.78, 5) is 3.56. The van der Waals surface area contributed by atoms with Gasteiger partial charge in [0.1, 0.15) is 0 Å². The van der Waals surface area contributed by atoms with E-state index in [4.69, 9.17) is 0 Å². The van der Waals surface area contributed by atoms with Gasteiger partial charge in [-0.2, -0.15) is 12.7 Å². The monoisotopic (exact) mass is 419 g/mol. The summed E-state index contributed by atoms with van der Waals surface area (Å²) in [6.07, 6.45) is 0. The lowest BCUT2D eigenvalue weighted by molar-refractivity contribution is 0.503. The van der Waals surface area contributed by atoms with Gasteiger partial charge in [0, 0.05) is 37.5 Å². The minimum Gasteiger partial charge on any atom is -0.354 e. The SMILES string of the molecule is CN(C)S(=O)(=O)NC[C@H](c1ccccc1)c1c(-c2ccccc2)[nH]c2ccccc12.